The van der Waals surface area contributed by atoms with Crippen LogP contribution < -0.4 is 0 Å². The summed E-state index contributed by atoms with van der Waals surface area (Å²) in [6.07, 6.45) is 1.66. The maximum atomic E-state index is 5.19. The Kier molecular flexibility index (Phi) is 1.47. The van der Waals surface area contributed by atoms with Crippen molar-refractivity contribution in [2.45, 2.75) is 13.8 Å². The van der Waals surface area contributed by atoms with Gasteiger partial charge in [0.15, 0.2) is 5.65 Å². The monoisotopic (exact) mass is 180 g/mol. The zero-order chi connectivity index (χ0) is 8.72. The Morgan fingerprint density at radius 3 is 3.00 bits per heavy atom. The van der Waals surface area contributed by atoms with E-state index in [2.05, 4.69) is 15.3 Å². The van der Waals surface area contributed by atoms with Crippen molar-refractivity contribution in [3.8, 4) is 0 Å². The van der Waals surface area contributed by atoms with Gasteiger partial charge in [-0.15, -0.1) is 0 Å². The molecule has 0 saturated heterocycles. The molecule has 5 heteroatoms. The highest BCUT2D eigenvalue weighted by molar-refractivity contribution is 7.71. The number of hydrogen-bond donors (Lipinski definition) is 1. The van der Waals surface area contributed by atoms with Crippen molar-refractivity contribution in [2.24, 2.45) is 0 Å². The number of fused-ring (bicyclic) bond motifs is 1. The van der Waals surface area contributed by atoms with Crippen molar-refractivity contribution in [1.29, 1.82) is 0 Å². The molecule has 0 amide bonds. The Hall–Kier alpha value is -1.23. The van der Waals surface area contributed by atoms with Gasteiger partial charge in [-0.2, -0.15) is 5.10 Å². The van der Waals surface area contributed by atoms with E-state index in [1.165, 1.54) is 0 Å². The highest BCUT2D eigenvalue weighted by Gasteiger charge is 2.02. The number of nitrogens with zero attached hydrogens (tertiary/aromatic N) is 3. The number of aryl methyl sites for hydroxylation is 1. The average molecular weight is 180 g/mol. The lowest BCUT2D eigenvalue weighted by Gasteiger charge is -1.99. The van der Waals surface area contributed by atoms with Crippen molar-refractivity contribution in [3.05, 3.63) is 22.1 Å². The minimum atomic E-state index is 0.745. The van der Waals surface area contributed by atoms with E-state index in [0.717, 1.165) is 21.5 Å². The fraction of sp³-hybridized carbons (Fsp3) is 0.286. The highest BCUT2D eigenvalue weighted by Crippen LogP contribution is 2.07. The molecule has 0 radical (unpaired) electrons. The minimum Gasteiger partial charge on any atom is -0.232 e. The van der Waals surface area contributed by atoms with Crippen molar-refractivity contribution >= 4 is 17.9 Å². The van der Waals surface area contributed by atoms with Gasteiger partial charge in [-0.1, -0.05) is 12.2 Å². The molecule has 0 bridgehead atoms. The molecule has 2 aromatic heterocycles. The van der Waals surface area contributed by atoms with E-state index in [9.17, 15) is 0 Å². The Bertz CT molecular complexity index is 482. The first-order valence-electron chi connectivity index (χ1n) is 3.59. The van der Waals surface area contributed by atoms with Gasteiger partial charge in [0.1, 0.15) is 4.64 Å². The molecule has 0 aliphatic carbocycles. The molecule has 0 atom stereocenters. The molecule has 0 unspecified atom stereocenters. The highest BCUT2D eigenvalue weighted by atomic mass is 32.1. The summed E-state index contributed by atoms with van der Waals surface area (Å²) >= 11 is 5.19. The van der Waals surface area contributed by atoms with Crippen molar-refractivity contribution in [1.82, 2.24) is 19.8 Å². The Morgan fingerprint density at radius 2 is 2.25 bits per heavy atom. The molecule has 62 valence electrons. The predicted molar refractivity (Wildman–Crippen MR) is 47.6 cm³/mol. The van der Waals surface area contributed by atoms with Crippen LogP contribution in [-0.2, 0) is 0 Å². The van der Waals surface area contributed by atoms with Crippen LogP contribution in [0, 0.1) is 18.5 Å². The zero-order valence-electron chi connectivity index (χ0n) is 6.83. The van der Waals surface area contributed by atoms with Gasteiger partial charge in [0.25, 0.3) is 0 Å². The Morgan fingerprint density at radius 1 is 1.50 bits per heavy atom. The molecule has 0 aliphatic rings. The molecule has 0 fully saturated rings. The van der Waals surface area contributed by atoms with Crippen LogP contribution in [-0.4, -0.2) is 19.8 Å². The molecule has 0 saturated carbocycles. The molecule has 2 aromatic rings. The third-order valence-corrected chi connectivity index (χ3v) is 2.40. The summed E-state index contributed by atoms with van der Waals surface area (Å²) in [6.45, 7) is 3.90. The van der Waals surface area contributed by atoms with Gasteiger partial charge < -0.3 is 0 Å². The topological polar surface area (TPSA) is 46.0 Å². The van der Waals surface area contributed by atoms with Crippen LogP contribution in [0.5, 0.6) is 0 Å². The first kappa shape index (κ1) is 7.42. The number of aromatic nitrogens is 4. The molecule has 1 N–H and O–H groups in total. The first-order valence-corrected chi connectivity index (χ1v) is 4.00. The molecule has 0 aliphatic heterocycles. The van der Waals surface area contributed by atoms with E-state index in [-0.39, 0.29) is 0 Å². The predicted octanol–water partition coefficient (Wildman–Crippen LogP) is 1.40. The van der Waals surface area contributed by atoms with E-state index in [1.807, 2.05) is 13.8 Å². The van der Waals surface area contributed by atoms with Crippen LogP contribution in [0.2, 0.25) is 0 Å². The van der Waals surface area contributed by atoms with E-state index in [4.69, 9.17) is 12.2 Å². The summed E-state index contributed by atoms with van der Waals surface area (Å²) in [5.74, 6) is 0. The second kappa shape index (κ2) is 2.38. The summed E-state index contributed by atoms with van der Waals surface area (Å²) in [5.41, 5.74) is 2.75. The van der Waals surface area contributed by atoms with E-state index in [1.54, 1.807) is 10.7 Å². The second-order valence-electron chi connectivity index (χ2n) is 2.68. The Balaban J connectivity index is 3.05. The summed E-state index contributed by atoms with van der Waals surface area (Å²) < 4.78 is 2.44. The summed E-state index contributed by atoms with van der Waals surface area (Å²) in [4.78, 5) is 4.30. The minimum absolute atomic E-state index is 0.745. The van der Waals surface area contributed by atoms with Gasteiger partial charge in [0, 0.05) is 11.3 Å². The second-order valence-corrected chi connectivity index (χ2v) is 3.07. The molecular formula is C7H8N4S. The van der Waals surface area contributed by atoms with Gasteiger partial charge in [-0.3, -0.25) is 0 Å². The van der Waals surface area contributed by atoms with Crippen molar-refractivity contribution < 1.29 is 0 Å². The van der Waals surface area contributed by atoms with Crippen LogP contribution in [0.3, 0.4) is 0 Å². The number of H-pyrrole nitrogens is 1. The third-order valence-electron chi connectivity index (χ3n) is 1.92. The lowest BCUT2D eigenvalue weighted by molar-refractivity contribution is 0.825. The van der Waals surface area contributed by atoms with Gasteiger partial charge in [-0.25, -0.2) is 14.7 Å². The maximum absolute atomic E-state index is 5.19. The van der Waals surface area contributed by atoms with E-state index < -0.39 is 0 Å². The maximum Gasteiger partial charge on any atom is 0.174 e. The van der Waals surface area contributed by atoms with Gasteiger partial charge in [0.05, 0.1) is 6.20 Å². The molecule has 2 rings (SSSR count). The summed E-state index contributed by atoms with van der Waals surface area (Å²) in [5, 5.41) is 6.61. The molecule has 12 heavy (non-hydrogen) atoms. The van der Waals surface area contributed by atoms with Crippen LogP contribution in [0.25, 0.3) is 5.65 Å². The quantitative estimate of drug-likeness (QED) is 0.623. The van der Waals surface area contributed by atoms with Crippen LogP contribution >= 0.6 is 12.2 Å². The number of hydrogen-bond acceptors (Lipinski definition) is 3. The average Bonchev–Trinajstić information content (AvgIpc) is 2.48. The van der Waals surface area contributed by atoms with E-state index in [0.29, 0.717) is 0 Å². The zero-order valence-corrected chi connectivity index (χ0v) is 7.64. The first-order chi connectivity index (χ1) is 5.70. The largest absolute Gasteiger partial charge is 0.232 e. The van der Waals surface area contributed by atoms with Crippen molar-refractivity contribution in [3.63, 3.8) is 0 Å². The number of aromatic amines is 1. The molecular weight excluding hydrogens is 172 g/mol. The lowest BCUT2D eigenvalue weighted by atomic mass is 10.3. The SMILES string of the molecule is Cc1nc2cn[nH]n2c(=S)c1C. The van der Waals surface area contributed by atoms with Gasteiger partial charge in [0.2, 0.25) is 0 Å². The number of rotatable bonds is 0. The fourth-order valence-electron chi connectivity index (χ4n) is 1.06. The lowest BCUT2D eigenvalue weighted by Crippen LogP contribution is -1.98. The van der Waals surface area contributed by atoms with Crippen molar-refractivity contribution in [2.75, 3.05) is 0 Å². The summed E-state index contributed by atoms with van der Waals surface area (Å²) in [7, 11) is 0. The normalized spacial score (nSPS) is 10.8. The van der Waals surface area contributed by atoms with Gasteiger partial charge >= 0.3 is 0 Å². The molecule has 0 aromatic carbocycles. The standard InChI is InChI=1S/C7H8N4S/c1-4-5(2)9-6-3-8-10-11(6)7(4)12/h3,10H,1-2H3. The molecule has 2 heterocycles. The third kappa shape index (κ3) is 0.863. The number of nitrogens with one attached hydrogen (secondary N) is 1. The van der Waals surface area contributed by atoms with E-state index >= 15 is 0 Å². The fourth-order valence-corrected chi connectivity index (χ4v) is 1.34. The molecule has 4 nitrogen and oxygen atoms in total. The summed E-state index contributed by atoms with van der Waals surface area (Å²) in [6, 6.07) is 0. The van der Waals surface area contributed by atoms with Crippen LogP contribution in [0.15, 0.2) is 6.20 Å². The van der Waals surface area contributed by atoms with Crippen LogP contribution in [0.4, 0.5) is 0 Å². The Labute approximate surface area is 74.2 Å². The smallest absolute Gasteiger partial charge is 0.174 e. The van der Waals surface area contributed by atoms with Gasteiger partial charge in [-0.05, 0) is 13.8 Å². The van der Waals surface area contributed by atoms with Crippen LogP contribution in [0.1, 0.15) is 11.3 Å². The molecule has 0 spiro atoms.